The van der Waals surface area contributed by atoms with Crippen molar-refractivity contribution in [3.05, 3.63) is 35.9 Å². The van der Waals surface area contributed by atoms with E-state index in [1.54, 1.807) is 0 Å². The van der Waals surface area contributed by atoms with Crippen LogP contribution >= 0.6 is 0 Å². The van der Waals surface area contributed by atoms with Crippen LogP contribution in [0.5, 0.6) is 0 Å². The summed E-state index contributed by atoms with van der Waals surface area (Å²) in [5.41, 5.74) is 1.52. The molecule has 4 heteroatoms. The van der Waals surface area contributed by atoms with Crippen molar-refractivity contribution in [3.8, 4) is 0 Å². The quantitative estimate of drug-likeness (QED) is 0.839. The molecular formula is C23H32N2O2. The van der Waals surface area contributed by atoms with Gasteiger partial charge >= 0.3 is 0 Å². The first-order chi connectivity index (χ1) is 13.2. The molecule has 0 aromatic heterocycles. The minimum Gasteiger partial charge on any atom is -0.379 e. The molecule has 1 aromatic carbocycles. The van der Waals surface area contributed by atoms with Gasteiger partial charge in [0.2, 0.25) is 5.91 Å². The smallest absolute Gasteiger partial charge is 0.231 e. The Hall–Kier alpha value is -1.39. The van der Waals surface area contributed by atoms with Gasteiger partial charge < -0.3 is 10.1 Å². The van der Waals surface area contributed by atoms with Gasteiger partial charge in [-0.15, -0.1) is 0 Å². The van der Waals surface area contributed by atoms with E-state index in [1.165, 1.54) is 44.1 Å². The van der Waals surface area contributed by atoms with Crippen LogP contribution in [-0.2, 0) is 14.9 Å². The lowest BCUT2D eigenvalue weighted by Crippen LogP contribution is -2.45. The van der Waals surface area contributed by atoms with Crippen molar-refractivity contribution in [1.82, 2.24) is 10.2 Å². The lowest BCUT2D eigenvalue weighted by molar-refractivity contribution is -0.125. The third kappa shape index (κ3) is 3.01. The lowest BCUT2D eigenvalue weighted by Gasteiger charge is -2.31. The Morgan fingerprint density at radius 1 is 1.04 bits per heavy atom. The van der Waals surface area contributed by atoms with Crippen molar-refractivity contribution in [2.45, 2.75) is 50.4 Å². The fourth-order valence-electron chi connectivity index (χ4n) is 5.92. The Morgan fingerprint density at radius 2 is 1.74 bits per heavy atom. The van der Waals surface area contributed by atoms with Gasteiger partial charge in [0.1, 0.15) is 0 Å². The van der Waals surface area contributed by atoms with E-state index < -0.39 is 0 Å². The molecule has 4 nitrogen and oxygen atoms in total. The summed E-state index contributed by atoms with van der Waals surface area (Å²) < 4.78 is 5.48. The number of hydrogen-bond acceptors (Lipinski definition) is 3. The highest BCUT2D eigenvalue weighted by atomic mass is 16.5. The van der Waals surface area contributed by atoms with E-state index in [0.29, 0.717) is 11.3 Å². The average Bonchev–Trinajstić information content (AvgIpc) is 3.55. The molecule has 1 atom stereocenters. The number of carbonyl (C=O) groups is 1. The second-order valence-corrected chi connectivity index (χ2v) is 9.51. The zero-order valence-corrected chi connectivity index (χ0v) is 16.3. The van der Waals surface area contributed by atoms with E-state index in [-0.39, 0.29) is 10.8 Å². The summed E-state index contributed by atoms with van der Waals surface area (Å²) in [6, 6.07) is 10.6. The molecule has 1 saturated heterocycles. The van der Waals surface area contributed by atoms with Gasteiger partial charge in [-0.05, 0) is 43.1 Å². The molecular weight excluding hydrogens is 336 g/mol. The van der Waals surface area contributed by atoms with E-state index in [9.17, 15) is 4.79 Å². The topological polar surface area (TPSA) is 41.6 Å². The third-order valence-electron chi connectivity index (χ3n) is 7.84. The zero-order valence-electron chi connectivity index (χ0n) is 16.3. The summed E-state index contributed by atoms with van der Waals surface area (Å²) in [5, 5.41) is 3.43. The van der Waals surface area contributed by atoms with E-state index >= 15 is 0 Å². The minimum atomic E-state index is -0.264. The Balaban J connectivity index is 1.28. The first-order valence-electron chi connectivity index (χ1n) is 10.8. The van der Waals surface area contributed by atoms with Gasteiger partial charge in [-0.25, -0.2) is 0 Å². The maximum atomic E-state index is 13.5. The van der Waals surface area contributed by atoms with Gasteiger partial charge in [0.25, 0.3) is 0 Å². The van der Waals surface area contributed by atoms with Crippen LogP contribution < -0.4 is 5.32 Å². The summed E-state index contributed by atoms with van der Waals surface area (Å²) >= 11 is 0. The van der Waals surface area contributed by atoms with Crippen LogP contribution in [0.25, 0.3) is 0 Å². The van der Waals surface area contributed by atoms with Gasteiger partial charge in [0.15, 0.2) is 0 Å². The maximum Gasteiger partial charge on any atom is 0.231 e. The SMILES string of the molecule is O=C(NCC1(CN2CCOCC2)CC1)[C@]1(c2ccccc2)CC12CCCC2. The number of rotatable bonds is 6. The molecule has 3 saturated carbocycles. The van der Waals surface area contributed by atoms with Crippen LogP contribution in [0.15, 0.2) is 30.3 Å². The van der Waals surface area contributed by atoms with Crippen LogP contribution in [0.3, 0.4) is 0 Å². The first-order valence-corrected chi connectivity index (χ1v) is 10.8. The van der Waals surface area contributed by atoms with Gasteiger partial charge in [-0.2, -0.15) is 0 Å². The molecule has 1 amide bonds. The summed E-state index contributed by atoms with van der Waals surface area (Å²) in [5.74, 6) is 0.295. The van der Waals surface area contributed by atoms with E-state index in [0.717, 1.165) is 45.8 Å². The second kappa shape index (κ2) is 6.59. The molecule has 1 spiro atoms. The molecule has 0 bridgehead atoms. The molecule has 146 valence electrons. The Bertz CT molecular complexity index is 688. The van der Waals surface area contributed by atoms with Crippen LogP contribution in [0, 0.1) is 10.8 Å². The van der Waals surface area contributed by atoms with E-state index in [1.807, 2.05) is 0 Å². The third-order valence-corrected chi connectivity index (χ3v) is 7.84. The number of nitrogens with zero attached hydrogens (tertiary/aromatic N) is 1. The van der Waals surface area contributed by atoms with Crippen LogP contribution in [0.4, 0.5) is 0 Å². The summed E-state index contributed by atoms with van der Waals surface area (Å²) in [7, 11) is 0. The summed E-state index contributed by atoms with van der Waals surface area (Å²) in [6.07, 6.45) is 8.53. The molecule has 0 radical (unpaired) electrons. The maximum absolute atomic E-state index is 13.5. The van der Waals surface area contributed by atoms with Crippen molar-refractivity contribution in [2.75, 3.05) is 39.4 Å². The van der Waals surface area contributed by atoms with Gasteiger partial charge in [0, 0.05) is 31.6 Å². The summed E-state index contributed by atoms with van der Waals surface area (Å²) in [4.78, 5) is 16.0. The highest BCUT2D eigenvalue weighted by Crippen LogP contribution is 2.72. The minimum absolute atomic E-state index is 0.235. The van der Waals surface area contributed by atoms with Gasteiger partial charge in [-0.3, -0.25) is 9.69 Å². The molecule has 1 heterocycles. The highest BCUT2D eigenvalue weighted by molar-refractivity contribution is 5.93. The number of benzene rings is 1. The van der Waals surface area contributed by atoms with Crippen molar-refractivity contribution >= 4 is 5.91 Å². The largest absolute Gasteiger partial charge is 0.379 e. The lowest BCUT2D eigenvalue weighted by atomic mass is 9.84. The van der Waals surface area contributed by atoms with E-state index in [4.69, 9.17) is 4.74 Å². The molecule has 0 unspecified atom stereocenters. The Labute approximate surface area is 162 Å². The van der Waals surface area contributed by atoms with Crippen LogP contribution in [-0.4, -0.2) is 50.2 Å². The highest BCUT2D eigenvalue weighted by Gasteiger charge is 2.72. The molecule has 1 N–H and O–H groups in total. The van der Waals surface area contributed by atoms with Crippen LogP contribution in [0.2, 0.25) is 0 Å². The Kier molecular flexibility index (Phi) is 4.32. The van der Waals surface area contributed by atoms with Gasteiger partial charge in [-0.1, -0.05) is 43.2 Å². The van der Waals surface area contributed by atoms with E-state index in [2.05, 4.69) is 40.5 Å². The fraction of sp³-hybridized carbons (Fsp3) is 0.696. The number of hydrogen-bond donors (Lipinski definition) is 1. The number of amides is 1. The predicted molar refractivity (Wildman–Crippen MR) is 106 cm³/mol. The van der Waals surface area contributed by atoms with Gasteiger partial charge in [0.05, 0.1) is 18.6 Å². The molecule has 4 fully saturated rings. The second-order valence-electron chi connectivity index (χ2n) is 9.51. The fourth-order valence-corrected chi connectivity index (χ4v) is 5.92. The average molecular weight is 369 g/mol. The summed E-state index contributed by atoms with van der Waals surface area (Å²) in [6.45, 7) is 5.72. The predicted octanol–water partition coefficient (Wildman–Crippen LogP) is 3.12. The molecule has 4 aliphatic rings. The number of carbonyl (C=O) groups excluding carboxylic acids is 1. The van der Waals surface area contributed by atoms with Crippen LogP contribution in [0.1, 0.15) is 50.5 Å². The Morgan fingerprint density at radius 3 is 2.41 bits per heavy atom. The van der Waals surface area contributed by atoms with Crippen molar-refractivity contribution in [1.29, 1.82) is 0 Å². The zero-order chi connectivity index (χ0) is 18.4. The van der Waals surface area contributed by atoms with Crippen molar-refractivity contribution < 1.29 is 9.53 Å². The van der Waals surface area contributed by atoms with Crippen molar-refractivity contribution in [2.24, 2.45) is 10.8 Å². The normalized spacial score (nSPS) is 31.0. The molecule has 3 aliphatic carbocycles. The first kappa shape index (κ1) is 17.7. The molecule has 1 aromatic rings. The monoisotopic (exact) mass is 368 g/mol. The number of ether oxygens (including phenoxy) is 1. The molecule has 5 rings (SSSR count). The van der Waals surface area contributed by atoms with Crippen molar-refractivity contribution in [3.63, 3.8) is 0 Å². The molecule has 27 heavy (non-hydrogen) atoms. The number of nitrogens with one attached hydrogen (secondary N) is 1. The molecule has 1 aliphatic heterocycles. The standard InChI is InChI=1S/C23H32N2O2/c26-20(24-17-21(10-11-21)18-25-12-14-27-15-13-25)23(19-6-2-1-3-7-19)16-22(23)8-4-5-9-22/h1-3,6-7H,4-5,8-18H2,(H,24,26)/t23-/m1/s1. The number of morpholine rings is 1.